The number of rotatable bonds is 2. The Hall–Kier alpha value is -0.860. The van der Waals surface area contributed by atoms with Crippen molar-refractivity contribution in [2.75, 3.05) is 5.32 Å². The van der Waals surface area contributed by atoms with Gasteiger partial charge in [-0.1, -0.05) is 23.2 Å². The first-order chi connectivity index (χ1) is 10.8. The Labute approximate surface area is 164 Å². The lowest BCUT2D eigenvalue weighted by Crippen LogP contribution is -2.34. The third kappa shape index (κ3) is 4.81. The van der Waals surface area contributed by atoms with Crippen molar-refractivity contribution in [3.05, 3.63) is 54.9 Å². The van der Waals surface area contributed by atoms with E-state index in [9.17, 15) is 9.90 Å². The van der Waals surface area contributed by atoms with Crippen LogP contribution in [0, 0.1) is 0 Å². The highest BCUT2D eigenvalue weighted by atomic mass is 79.9. The van der Waals surface area contributed by atoms with Crippen LogP contribution in [0.1, 0.15) is 10.4 Å². The van der Waals surface area contributed by atoms with Crippen molar-refractivity contribution in [3.8, 4) is 5.75 Å². The van der Waals surface area contributed by atoms with Gasteiger partial charge in [-0.25, -0.2) is 0 Å². The molecule has 4 nitrogen and oxygen atoms in total. The summed E-state index contributed by atoms with van der Waals surface area (Å²) in [5, 5.41) is 15.8. The van der Waals surface area contributed by atoms with Crippen LogP contribution in [0.3, 0.4) is 0 Å². The maximum Gasteiger partial charge on any atom is 0.258 e. The van der Waals surface area contributed by atoms with Crippen molar-refractivity contribution >= 4 is 84.0 Å². The van der Waals surface area contributed by atoms with E-state index in [1.54, 1.807) is 18.2 Å². The van der Waals surface area contributed by atoms with Gasteiger partial charge in [0.05, 0.1) is 19.5 Å². The van der Waals surface area contributed by atoms with Gasteiger partial charge in [0.2, 0.25) is 0 Å². The molecule has 120 valence electrons. The molecule has 0 bridgehead atoms. The lowest BCUT2D eigenvalue weighted by molar-refractivity contribution is 0.0978. The Kier molecular flexibility index (Phi) is 6.27. The fourth-order valence-corrected chi connectivity index (χ4v) is 3.54. The number of thiocarbonyl (C=S) groups is 1. The highest BCUT2D eigenvalue weighted by Gasteiger charge is 2.13. The summed E-state index contributed by atoms with van der Waals surface area (Å²) in [6.45, 7) is 0. The third-order valence-electron chi connectivity index (χ3n) is 2.68. The average Bonchev–Trinajstić information content (AvgIpc) is 2.44. The van der Waals surface area contributed by atoms with Crippen LogP contribution in [0.2, 0.25) is 10.0 Å². The summed E-state index contributed by atoms with van der Waals surface area (Å²) in [6, 6.07) is 7.79. The summed E-state index contributed by atoms with van der Waals surface area (Å²) in [5.74, 6) is -0.389. The van der Waals surface area contributed by atoms with Crippen LogP contribution in [0.4, 0.5) is 5.69 Å². The Balaban J connectivity index is 2.09. The van der Waals surface area contributed by atoms with E-state index in [4.69, 9.17) is 35.4 Å². The van der Waals surface area contributed by atoms with Crippen LogP contribution < -0.4 is 10.6 Å². The van der Waals surface area contributed by atoms with Crippen LogP contribution in [-0.2, 0) is 0 Å². The number of phenols is 1. The van der Waals surface area contributed by atoms with E-state index in [1.165, 1.54) is 12.1 Å². The molecule has 9 heteroatoms. The second-order valence-corrected chi connectivity index (χ2v) is 7.28. The van der Waals surface area contributed by atoms with Crippen molar-refractivity contribution in [1.29, 1.82) is 0 Å². The van der Waals surface area contributed by atoms with Gasteiger partial charge in [0.1, 0.15) is 5.75 Å². The lowest BCUT2D eigenvalue weighted by atomic mass is 10.2. The van der Waals surface area contributed by atoms with Crippen molar-refractivity contribution in [1.82, 2.24) is 5.32 Å². The largest absolute Gasteiger partial charge is 0.506 e. The summed E-state index contributed by atoms with van der Waals surface area (Å²) in [4.78, 5) is 12.1. The van der Waals surface area contributed by atoms with Crippen LogP contribution in [0.5, 0.6) is 5.75 Å². The predicted molar refractivity (Wildman–Crippen MR) is 104 cm³/mol. The van der Waals surface area contributed by atoms with E-state index in [-0.39, 0.29) is 21.4 Å². The predicted octanol–water partition coefficient (Wildman–Crippen LogP) is 5.35. The monoisotopic (exact) mass is 496 g/mol. The first kappa shape index (κ1) is 18.5. The molecule has 0 aliphatic carbocycles. The minimum Gasteiger partial charge on any atom is -0.506 e. The number of benzene rings is 2. The minimum absolute atomic E-state index is 0.0680. The topological polar surface area (TPSA) is 61.4 Å². The van der Waals surface area contributed by atoms with Gasteiger partial charge >= 0.3 is 0 Å². The molecule has 0 aromatic heterocycles. The fraction of sp³-hybridized carbons (Fsp3) is 0. The number of hydrogen-bond acceptors (Lipinski definition) is 3. The second-order valence-electron chi connectivity index (χ2n) is 4.32. The number of anilines is 1. The molecule has 0 aliphatic rings. The van der Waals surface area contributed by atoms with Gasteiger partial charge in [-0.2, -0.15) is 0 Å². The second kappa shape index (κ2) is 7.81. The summed E-state index contributed by atoms with van der Waals surface area (Å²) < 4.78 is 0.952. The number of aromatic hydroxyl groups is 1. The molecule has 0 aliphatic heterocycles. The molecule has 1 amide bonds. The average molecular weight is 499 g/mol. The molecule has 0 saturated carbocycles. The lowest BCUT2D eigenvalue weighted by Gasteiger charge is -2.12. The first-order valence-electron chi connectivity index (χ1n) is 6.03. The van der Waals surface area contributed by atoms with Crippen molar-refractivity contribution in [3.63, 3.8) is 0 Å². The summed E-state index contributed by atoms with van der Waals surface area (Å²) in [7, 11) is 0. The van der Waals surface area contributed by atoms with Crippen LogP contribution in [-0.4, -0.2) is 16.1 Å². The molecule has 2 rings (SSSR count). The van der Waals surface area contributed by atoms with E-state index in [1.807, 2.05) is 0 Å². The SMILES string of the molecule is O=C(NC(=S)Nc1cc(Br)c(O)c(Br)c1)c1ccc(Cl)cc1Cl. The van der Waals surface area contributed by atoms with E-state index in [2.05, 4.69) is 42.5 Å². The number of phenolic OH excluding ortho intramolecular Hbond substituents is 1. The molecule has 2 aromatic carbocycles. The maximum atomic E-state index is 12.1. The maximum absolute atomic E-state index is 12.1. The molecule has 0 unspecified atom stereocenters. The number of carbonyl (C=O) groups excluding carboxylic acids is 1. The zero-order chi connectivity index (χ0) is 17.1. The normalized spacial score (nSPS) is 10.3. The zero-order valence-electron chi connectivity index (χ0n) is 11.2. The molecule has 0 heterocycles. The standard InChI is InChI=1S/C14H8Br2Cl2N2O2S/c15-9-4-7(5-10(16)12(9)21)19-14(23)20-13(22)8-2-1-6(17)3-11(8)18/h1-5,21H,(H2,19,20,22,23). The Morgan fingerprint density at radius 2 is 1.74 bits per heavy atom. The number of carbonyl (C=O) groups is 1. The third-order valence-corrected chi connectivity index (χ3v) is 4.64. The summed E-state index contributed by atoms with van der Waals surface area (Å²) in [5.41, 5.74) is 0.835. The Morgan fingerprint density at radius 3 is 2.30 bits per heavy atom. The molecular weight excluding hydrogens is 491 g/mol. The first-order valence-corrected chi connectivity index (χ1v) is 8.78. The van der Waals surface area contributed by atoms with Gasteiger partial charge in [0, 0.05) is 10.7 Å². The fourth-order valence-electron chi connectivity index (χ4n) is 1.64. The van der Waals surface area contributed by atoms with Crippen LogP contribution in [0.25, 0.3) is 0 Å². The molecule has 2 aromatic rings. The molecule has 0 atom stereocenters. The number of nitrogens with one attached hydrogen (secondary N) is 2. The molecular formula is C14H8Br2Cl2N2O2S. The minimum atomic E-state index is -0.457. The van der Waals surface area contributed by atoms with Gasteiger partial charge < -0.3 is 10.4 Å². The zero-order valence-corrected chi connectivity index (χ0v) is 16.7. The number of hydrogen-bond donors (Lipinski definition) is 3. The van der Waals surface area contributed by atoms with Crippen molar-refractivity contribution in [2.24, 2.45) is 0 Å². The Bertz CT molecular complexity index is 779. The smallest absolute Gasteiger partial charge is 0.258 e. The highest BCUT2D eigenvalue weighted by Crippen LogP contribution is 2.35. The van der Waals surface area contributed by atoms with Gasteiger partial charge in [-0.05, 0) is 74.4 Å². The summed E-state index contributed by atoms with van der Waals surface area (Å²) >= 11 is 23.3. The number of amides is 1. The van der Waals surface area contributed by atoms with Gasteiger partial charge in [-0.3, -0.25) is 10.1 Å². The van der Waals surface area contributed by atoms with Crippen LogP contribution in [0.15, 0.2) is 39.3 Å². The summed E-state index contributed by atoms with van der Waals surface area (Å²) in [6.07, 6.45) is 0. The van der Waals surface area contributed by atoms with E-state index >= 15 is 0 Å². The molecule has 0 spiro atoms. The molecule has 0 fully saturated rings. The van der Waals surface area contributed by atoms with Crippen molar-refractivity contribution in [2.45, 2.75) is 0 Å². The van der Waals surface area contributed by atoms with Gasteiger partial charge in [0.15, 0.2) is 5.11 Å². The molecule has 3 N–H and O–H groups in total. The van der Waals surface area contributed by atoms with E-state index in [0.717, 1.165) is 0 Å². The molecule has 0 saturated heterocycles. The van der Waals surface area contributed by atoms with E-state index in [0.29, 0.717) is 19.7 Å². The molecule has 23 heavy (non-hydrogen) atoms. The van der Waals surface area contributed by atoms with Crippen molar-refractivity contribution < 1.29 is 9.90 Å². The molecule has 0 radical (unpaired) electrons. The van der Waals surface area contributed by atoms with Crippen LogP contribution >= 0.6 is 67.3 Å². The highest BCUT2D eigenvalue weighted by molar-refractivity contribution is 9.11. The number of halogens is 4. The quantitative estimate of drug-likeness (QED) is 0.386. The van der Waals surface area contributed by atoms with Gasteiger partial charge in [-0.15, -0.1) is 0 Å². The Morgan fingerprint density at radius 1 is 1.13 bits per heavy atom. The van der Waals surface area contributed by atoms with Gasteiger partial charge in [0.25, 0.3) is 5.91 Å². The van der Waals surface area contributed by atoms with E-state index < -0.39 is 5.91 Å².